The van der Waals surface area contributed by atoms with Gasteiger partial charge in [0.2, 0.25) is 10.0 Å². The van der Waals surface area contributed by atoms with Crippen LogP contribution >= 0.6 is 0 Å². The van der Waals surface area contributed by atoms with Crippen molar-refractivity contribution in [1.29, 1.82) is 0 Å². The second-order valence-electron chi connectivity index (χ2n) is 6.07. The maximum absolute atomic E-state index is 12.6. The molecule has 0 spiro atoms. The average molecular weight is 372 g/mol. The number of carboxylic acids is 1. The molecule has 142 valence electrons. The van der Waals surface area contributed by atoms with Crippen molar-refractivity contribution in [1.82, 2.24) is 4.72 Å². The highest BCUT2D eigenvalue weighted by Gasteiger charge is 2.20. The molecule has 0 aliphatic carbocycles. The fourth-order valence-corrected chi connectivity index (χ4v) is 3.40. The number of carbonyl (C=O) groups is 1. The van der Waals surface area contributed by atoms with Crippen LogP contribution in [0.4, 0.5) is 5.69 Å². The molecule has 0 unspecified atom stereocenters. The molecule has 0 amide bonds. The van der Waals surface area contributed by atoms with Crippen LogP contribution in [0.25, 0.3) is 0 Å². The lowest BCUT2D eigenvalue weighted by Gasteiger charge is -2.15. The summed E-state index contributed by atoms with van der Waals surface area (Å²) in [5.74, 6) is -0.691. The summed E-state index contributed by atoms with van der Waals surface area (Å²) >= 11 is 0. The van der Waals surface area contributed by atoms with E-state index >= 15 is 0 Å². The van der Waals surface area contributed by atoms with E-state index < -0.39 is 16.0 Å². The average Bonchev–Trinajstić information content (AvgIpc) is 2.54. The molecule has 8 heteroatoms. The van der Waals surface area contributed by atoms with Gasteiger partial charge in [-0.3, -0.25) is 0 Å². The van der Waals surface area contributed by atoms with Gasteiger partial charge in [-0.2, -0.15) is 0 Å². The highest BCUT2D eigenvalue weighted by Crippen LogP contribution is 2.23. The second kappa shape index (κ2) is 10.4. The predicted molar refractivity (Wildman–Crippen MR) is 97.6 cm³/mol. The Kier molecular flexibility index (Phi) is 8.88. The molecule has 0 aliphatic heterocycles. The van der Waals surface area contributed by atoms with Crippen LogP contribution in [-0.4, -0.2) is 45.8 Å². The van der Waals surface area contributed by atoms with Gasteiger partial charge >= 0.3 is 5.97 Å². The first-order valence-corrected chi connectivity index (χ1v) is 9.95. The van der Waals surface area contributed by atoms with Crippen LogP contribution < -0.4 is 10.0 Å². The Bertz CT molecular complexity index is 659. The first kappa shape index (κ1) is 21.4. The van der Waals surface area contributed by atoms with Crippen molar-refractivity contribution < 1.29 is 23.1 Å². The molecule has 0 saturated carbocycles. The highest BCUT2D eigenvalue weighted by molar-refractivity contribution is 7.89. The van der Waals surface area contributed by atoms with Crippen molar-refractivity contribution >= 4 is 21.7 Å². The number of nitrogens with one attached hydrogen (secondary N) is 2. The van der Waals surface area contributed by atoms with Crippen molar-refractivity contribution in [2.45, 2.75) is 38.5 Å². The largest absolute Gasteiger partial charge is 0.478 e. The van der Waals surface area contributed by atoms with E-state index in [9.17, 15) is 13.2 Å². The maximum Gasteiger partial charge on any atom is 0.335 e. The van der Waals surface area contributed by atoms with Crippen molar-refractivity contribution in [3.8, 4) is 0 Å². The molecule has 0 bridgehead atoms. The van der Waals surface area contributed by atoms with E-state index in [4.69, 9.17) is 9.84 Å². The maximum atomic E-state index is 12.6. The van der Waals surface area contributed by atoms with Crippen LogP contribution in [0.1, 0.15) is 44.0 Å². The second-order valence-corrected chi connectivity index (χ2v) is 7.81. The lowest BCUT2D eigenvalue weighted by Crippen LogP contribution is -2.27. The summed E-state index contributed by atoms with van der Waals surface area (Å²) in [7, 11) is -3.82. The third-order valence-corrected chi connectivity index (χ3v) is 5.02. The van der Waals surface area contributed by atoms with Gasteiger partial charge in [-0.25, -0.2) is 17.9 Å². The van der Waals surface area contributed by atoms with E-state index in [0.29, 0.717) is 37.8 Å². The van der Waals surface area contributed by atoms with Crippen LogP contribution in [0.2, 0.25) is 0 Å². The number of aromatic carboxylic acids is 1. The Morgan fingerprint density at radius 1 is 1.28 bits per heavy atom. The Morgan fingerprint density at radius 3 is 2.60 bits per heavy atom. The minimum Gasteiger partial charge on any atom is -0.478 e. The van der Waals surface area contributed by atoms with Crippen LogP contribution in [0.3, 0.4) is 0 Å². The lowest BCUT2D eigenvalue weighted by molar-refractivity contribution is 0.0696. The molecule has 0 aliphatic rings. The molecular formula is C17H28N2O5S. The van der Waals surface area contributed by atoms with Crippen LogP contribution in [0, 0.1) is 5.92 Å². The van der Waals surface area contributed by atoms with Gasteiger partial charge in [-0.15, -0.1) is 0 Å². The molecule has 3 N–H and O–H groups in total. The van der Waals surface area contributed by atoms with E-state index in [1.54, 1.807) is 0 Å². The van der Waals surface area contributed by atoms with Gasteiger partial charge in [0.05, 0.1) is 11.3 Å². The van der Waals surface area contributed by atoms with E-state index in [-0.39, 0.29) is 17.0 Å². The van der Waals surface area contributed by atoms with E-state index in [0.717, 1.165) is 6.42 Å². The zero-order valence-electron chi connectivity index (χ0n) is 15.0. The lowest BCUT2D eigenvalue weighted by atomic mass is 10.1. The Balaban J connectivity index is 2.94. The Hall–Kier alpha value is -1.64. The number of sulfonamides is 1. The van der Waals surface area contributed by atoms with Crippen LogP contribution in [-0.2, 0) is 14.8 Å². The van der Waals surface area contributed by atoms with Crippen molar-refractivity contribution in [3.05, 3.63) is 23.8 Å². The summed E-state index contributed by atoms with van der Waals surface area (Å²) in [6.07, 6.45) is 1.42. The molecule has 25 heavy (non-hydrogen) atoms. The van der Waals surface area contributed by atoms with Gasteiger partial charge in [-0.05, 0) is 43.9 Å². The molecular weight excluding hydrogens is 344 g/mol. The summed E-state index contributed by atoms with van der Waals surface area (Å²) in [4.78, 5) is 11.1. The van der Waals surface area contributed by atoms with Crippen LogP contribution in [0.5, 0.6) is 0 Å². The zero-order chi connectivity index (χ0) is 18.9. The molecule has 1 aromatic rings. The topological polar surface area (TPSA) is 105 Å². The fourth-order valence-electron chi connectivity index (χ4n) is 2.12. The number of hydrogen-bond acceptors (Lipinski definition) is 5. The smallest absolute Gasteiger partial charge is 0.335 e. The molecule has 1 aromatic carbocycles. The molecule has 0 aromatic heterocycles. The predicted octanol–water partition coefficient (Wildman–Crippen LogP) is 2.55. The Morgan fingerprint density at radius 2 is 2.00 bits per heavy atom. The van der Waals surface area contributed by atoms with Gasteiger partial charge in [0, 0.05) is 26.3 Å². The normalized spacial score (nSPS) is 11.7. The molecule has 1 rings (SSSR count). The highest BCUT2D eigenvalue weighted by atomic mass is 32.2. The van der Waals surface area contributed by atoms with Gasteiger partial charge in [0.15, 0.2) is 0 Å². The fraction of sp³-hybridized carbons (Fsp3) is 0.588. The molecule has 0 radical (unpaired) electrons. The molecule has 0 fully saturated rings. The van der Waals surface area contributed by atoms with Crippen molar-refractivity contribution in [3.63, 3.8) is 0 Å². The van der Waals surface area contributed by atoms with Gasteiger partial charge < -0.3 is 15.2 Å². The van der Waals surface area contributed by atoms with E-state index in [1.807, 2.05) is 6.92 Å². The van der Waals surface area contributed by atoms with Crippen molar-refractivity contribution in [2.75, 3.05) is 31.6 Å². The Labute approximate surface area is 149 Å². The number of anilines is 1. The summed E-state index contributed by atoms with van der Waals surface area (Å²) < 4.78 is 32.8. The SMILES string of the molecule is CCOCCCNS(=O)(=O)c1cc(C(=O)O)ccc1NCCC(C)C. The van der Waals surface area contributed by atoms with Gasteiger partial charge in [-0.1, -0.05) is 13.8 Å². The minimum atomic E-state index is -3.82. The van der Waals surface area contributed by atoms with E-state index in [1.165, 1.54) is 18.2 Å². The van der Waals surface area contributed by atoms with E-state index in [2.05, 4.69) is 23.9 Å². The summed E-state index contributed by atoms with van der Waals surface area (Å²) in [6, 6.07) is 4.08. The summed E-state index contributed by atoms with van der Waals surface area (Å²) in [5.41, 5.74) is 0.340. The third kappa shape index (κ3) is 7.41. The number of benzene rings is 1. The molecule has 7 nitrogen and oxygen atoms in total. The summed E-state index contributed by atoms with van der Waals surface area (Å²) in [6.45, 7) is 7.91. The third-order valence-electron chi connectivity index (χ3n) is 3.52. The molecule has 0 heterocycles. The molecule has 0 atom stereocenters. The monoisotopic (exact) mass is 372 g/mol. The molecule has 0 saturated heterocycles. The first-order valence-electron chi connectivity index (χ1n) is 8.46. The quantitative estimate of drug-likeness (QED) is 0.487. The van der Waals surface area contributed by atoms with Crippen LogP contribution in [0.15, 0.2) is 23.1 Å². The van der Waals surface area contributed by atoms with Crippen molar-refractivity contribution in [2.24, 2.45) is 5.92 Å². The van der Waals surface area contributed by atoms with Gasteiger partial charge in [0.25, 0.3) is 0 Å². The summed E-state index contributed by atoms with van der Waals surface area (Å²) in [5, 5.41) is 12.2. The minimum absolute atomic E-state index is 0.0485. The first-order chi connectivity index (χ1) is 11.8. The standard InChI is InChI=1S/C17H28N2O5S/c1-4-24-11-5-9-19-25(22,23)16-12-14(17(20)21)6-7-15(16)18-10-8-13(2)3/h6-7,12-13,18-19H,4-5,8-11H2,1-3H3,(H,20,21). The van der Waals surface area contributed by atoms with Gasteiger partial charge in [0.1, 0.15) is 4.90 Å². The number of rotatable bonds is 12. The zero-order valence-corrected chi connectivity index (χ0v) is 15.9. The number of carboxylic acid groups (broad SMARTS) is 1. The number of ether oxygens (including phenoxy) is 1. The number of hydrogen-bond donors (Lipinski definition) is 3.